The van der Waals surface area contributed by atoms with Crippen molar-refractivity contribution >= 4 is 35.1 Å². The van der Waals surface area contributed by atoms with E-state index in [1.165, 1.54) is 24.0 Å². The lowest BCUT2D eigenvalue weighted by Crippen LogP contribution is -2.72. The molecule has 4 atom stereocenters. The smallest absolute Gasteiger partial charge is 0.255 e. The first-order chi connectivity index (χ1) is 17.9. The van der Waals surface area contributed by atoms with Crippen molar-refractivity contribution in [3.8, 4) is 5.75 Å². The molecular weight excluding hydrogens is 504 g/mol. The van der Waals surface area contributed by atoms with Crippen molar-refractivity contribution < 1.29 is 39.6 Å². The normalized spacial score (nSPS) is 30.6. The Hall–Kier alpha value is -3.76. The molecular formula is C29H34N2O8. The van der Waals surface area contributed by atoms with Crippen molar-refractivity contribution in [3.05, 3.63) is 51.8 Å². The Morgan fingerprint density at radius 3 is 2.28 bits per heavy atom. The third-order valence-corrected chi connectivity index (χ3v) is 8.55. The summed E-state index contributed by atoms with van der Waals surface area (Å²) in [4.78, 5) is 53.6. The Bertz CT molecular complexity index is 1430. The van der Waals surface area contributed by atoms with E-state index in [2.05, 4.69) is 0 Å². The van der Waals surface area contributed by atoms with Crippen LogP contribution in [0.25, 0.3) is 11.8 Å². The molecule has 1 aromatic rings. The number of nitrogens with zero attached hydrogens (tertiary/aromatic N) is 1. The Balaban J connectivity index is 2.03. The fraction of sp³-hybridized carbons (Fsp3) is 0.448. The Kier molecular flexibility index (Phi) is 6.44. The number of ketones is 3. The zero-order valence-corrected chi connectivity index (χ0v) is 22.8. The summed E-state index contributed by atoms with van der Waals surface area (Å²) >= 11 is 0. The molecule has 0 bridgehead atoms. The zero-order valence-electron chi connectivity index (χ0n) is 22.8. The molecule has 10 heteroatoms. The minimum absolute atomic E-state index is 0.0307. The van der Waals surface area contributed by atoms with Gasteiger partial charge < -0.3 is 26.2 Å². The molecule has 4 rings (SSSR count). The number of carbonyl (C=O) groups excluding carboxylic acids is 4. The molecule has 1 aromatic carbocycles. The molecule has 3 aliphatic carbocycles. The Labute approximate surface area is 226 Å². The second kappa shape index (κ2) is 8.89. The van der Waals surface area contributed by atoms with E-state index >= 15 is 0 Å². The van der Waals surface area contributed by atoms with Crippen molar-refractivity contribution in [1.82, 2.24) is 4.90 Å². The highest BCUT2D eigenvalue weighted by Crippen LogP contribution is 2.63. The van der Waals surface area contributed by atoms with Gasteiger partial charge in [-0.25, -0.2) is 0 Å². The maximum absolute atomic E-state index is 14.2. The fourth-order valence-corrected chi connectivity index (χ4v) is 6.87. The number of aliphatic hydroxyl groups is 3. The second-order valence-electron chi connectivity index (χ2n) is 11.8. The van der Waals surface area contributed by atoms with E-state index in [1.54, 1.807) is 47.0 Å². The Morgan fingerprint density at radius 1 is 1.13 bits per heavy atom. The number of amides is 1. The molecule has 0 spiro atoms. The van der Waals surface area contributed by atoms with Crippen LogP contribution in [0.2, 0.25) is 0 Å². The highest BCUT2D eigenvalue weighted by Gasteiger charge is 2.72. The average molecular weight is 539 g/mol. The number of likely N-dealkylation sites (N-methyl/N-ethyl adjacent to an activating group) is 1. The number of benzene rings is 1. The molecule has 1 fully saturated rings. The van der Waals surface area contributed by atoms with Crippen LogP contribution in [0.1, 0.15) is 50.8 Å². The number of hydrogen-bond donors (Lipinski definition) is 5. The van der Waals surface area contributed by atoms with Gasteiger partial charge in [-0.2, -0.15) is 0 Å². The first kappa shape index (κ1) is 28.3. The lowest BCUT2D eigenvalue weighted by atomic mass is 9.46. The molecule has 0 aliphatic heterocycles. The van der Waals surface area contributed by atoms with Gasteiger partial charge in [-0.15, -0.1) is 0 Å². The largest absolute Gasteiger partial charge is 0.508 e. The number of carbonyl (C=O) groups is 4. The van der Waals surface area contributed by atoms with Gasteiger partial charge in [0.15, 0.2) is 17.2 Å². The highest BCUT2D eigenvalue weighted by atomic mass is 16.3. The van der Waals surface area contributed by atoms with Crippen LogP contribution in [-0.2, 0) is 25.6 Å². The van der Waals surface area contributed by atoms with Gasteiger partial charge in [0.1, 0.15) is 22.8 Å². The molecule has 3 aliphatic rings. The molecule has 1 saturated carbocycles. The lowest BCUT2D eigenvalue weighted by Gasteiger charge is -2.59. The SMILES string of the molecule is CC(C)C(=O)/C=C/c1ccc(O)c2c1C[C@@]1(C)C[C@@]3(C)[C@H](N(C)C)C(=O)C(C(N)=O)=C(O)[C@@]3(O)C(=O)C1=C2O. The molecule has 6 N–H and O–H groups in total. The quantitative estimate of drug-likeness (QED) is 0.277. The molecule has 0 heterocycles. The van der Waals surface area contributed by atoms with Gasteiger partial charge in [-0.05, 0) is 50.2 Å². The summed E-state index contributed by atoms with van der Waals surface area (Å²) in [6, 6.07) is 1.70. The summed E-state index contributed by atoms with van der Waals surface area (Å²) in [7, 11) is 3.10. The molecule has 0 radical (unpaired) electrons. The van der Waals surface area contributed by atoms with Gasteiger partial charge in [-0.3, -0.25) is 24.1 Å². The van der Waals surface area contributed by atoms with Gasteiger partial charge in [0.2, 0.25) is 5.78 Å². The van der Waals surface area contributed by atoms with E-state index < -0.39 is 57.0 Å². The third kappa shape index (κ3) is 3.69. The summed E-state index contributed by atoms with van der Waals surface area (Å²) in [6.07, 6.45) is 3.03. The van der Waals surface area contributed by atoms with Crippen LogP contribution >= 0.6 is 0 Å². The second-order valence-corrected chi connectivity index (χ2v) is 11.8. The lowest BCUT2D eigenvalue weighted by molar-refractivity contribution is -0.176. The van der Waals surface area contributed by atoms with Crippen molar-refractivity contribution in [2.75, 3.05) is 14.1 Å². The van der Waals surface area contributed by atoms with Crippen molar-refractivity contribution in [2.45, 2.75) is 52.2 Å². The highest BCUT2D eigenvalue weighted by molar-refractivity contribution is 6.25. The van der Waals surface area contributed by atoms with Crippen LogP contribution in [0.15, 0.2) is 35.1 Å². The molecule has 10 nitrogen and oxygen atoms in total. The minimum Gasteiger partial charge on any atom is -0.508 e. The van der Waals surface area contributed by atoms with E-state index in [0.717, 1.165) is 0 Å². The van der Waals surface area contributed by atoms with Gasteiger partial charge in [0.05, 0.1) is 11.6 Å². The number of primary amides is 1. The van der Waals surface area contributed by atoms with Gasteiger partial charge in [0, 0.05) is 22.3 Å². The van der Waals surface area contributed by atoms with Crippen LogP contribution in [0.5, 0.6) is 5.75 Å². The van der Waals surface area contributed by atoms with Crippen LogP contribution < -0.4 is 5.73 Å². The Morgan fingerprint density at radius 2 is 1.74 bits per heavy atom. The van der Waals surface area contributed by atoms with E-state index in [9.17, 15) is 39.6 Å². The summed E-state index contributed by atoms with van der Waals surface area (Å²) < 4.78 is 0. The number of phenols is 1. The number of phenolic OH excluding ortho intramolecular Hbond substituents is 1. The van der Waals surface area contributed by atoms with Crippen LogP contribution in [0, 0.1) is 16.7 Å². The zero-order chi connectivity index (χ0) is 29.4. The number of aliphatic hydroxyl groups excluding tert-OH is 2. The minimum atomic E-state index is -2.77. The molecule has 1 amide bonds. The van der Waals surface area contributed by atoms with Gasteiger partial charge >= 0.3 is 0 Å². The number of nitrogens with two attached hydrogens (primary N) is 1. The van der Waals surface area contributed by atoms with Gasteiger partial charge in [0.25, 0.3) is 5.91 Å². The maximum atomic E-state index is 14.2. The number of aromatic hydroxyl groups is 1. The fourth-order valence-electron chi connectivity index (χ4n) is 6.87. The van der Waals surface area contributed by atoms with E-state index in [-0.39, 0.29) is 41.4 Å². The number of allylic oxidation sites excluding steroid dienone is 1. The molecule has 39 heavy (non-hydrogen) atoms. The topological polar surface area (TPSA) is 178 Å². The monoisotopic (exact) mass is 538 g/mol. The van der Waals surface area contributed by atoms with E-state index in [0.29, 0.717) is 11.1 Å². The number of rotatable bonds is 5. The van der Waals surface area contributed by atoms with Crippen molar-refractivity contribution in [1.29, 1.82) is 0 Å². The molecule has 0 unspecified atom stereocenters. The van der Waals surface area contributed by atoms with Crippen molar-refractivity contribution in [3.63, 3.8) is 0 Å². The predicted octanol–water partition coefficient (Wildman–Crippen LogP) is 1.98. The first-order valence-electron chi connectivity index (χ1n) is 12.7. The van der Waals surface area contributed by atoms with Crippen molar-refractivity contribution in [2.24, 2.45) is 22.5 Å². The summed E-state index contributed by atoms with van der Waals surface area (Å²) in [5.74, 6) is -5.62. The van der Waals surface area contributed by atoms with Gasteiger partial charge in [-0.1, -0.05) is 39.8 Å². The van der Waals surface area contributed by atoms with Crippen LogP contribution in [0.3, 0.4) is 0 Å². The number of hydrogen-bond acceptors (Lipinski definition) is 9. The summed E-state index contributed by atoms with van der Waals surface area (Å²) in [5.41, 5.74) is -0.316. The summed E-state index contributed by atoms with van der Waals surface area (Å²) in [6.45, 7) is 6.70. The molecule has 0 aromatic heterocycles. The van der Waals surface area contributed by atoms with E-state index in [1.807, 2.05) is 0 Å². The molecule has 0 saturated heterocycles. The predicted molar refractivity (Wildman–Crippen MR) is 142 cm³/mol. The maximum Gasteiger partial charge on any atom is 0.255 e. The number of Topliss-reactive ketones (excluding diaryl/α,β-unsaturated/α-hetero) is 2. The number of fused-ring (bicyclic) bond motifs is 3. The first-order valence-corrected chi connectivity index (χ1v) is 12.7. The standard InChI is InChI=1S/C29H34N2O8/c1-13(2)16(32)9-7-14-8-10-17(33)18-15(14)11-27(3)12-28(4)23(31(5)6)22(35)19(26(30)38)24(36)29(28,39)25(37)20(27)21(18)34/h7-10,13,23,33-34,36,39H,11-12H2,1-6H3,(H2,30,38)/b9-7+/t23-,27+,28+,29-/m1/s1. The molecule has 208 valence electrons. The van der Waals surface area contributed by atoms with Crippen LogP contribution in [-0.4, -0.2) is 74.3 Å². The van der Waals surface area contributed by atoms with Crippen LogP contribution in [0.4, 0.5) is 0 Å². The third-order valence-electron chi connectivity index (χ3n) is 8.55. The van der Waals surface area contributed by atoms with E-state index in [4.69, 9.17) is 5.73 Å². The average Bonchev–Trinajstić information content (AvgIpc) is 2.80. The summed E-state index contributed by atoms with van der Waals surface area (Å²) in [5, 5.41) is 45.3.